The van der Waals surface area contributed by atoms with E-state index in [1.54, 1.807) is 0 Å². The standard InChI is InChI=1S/C17H30N2/c1-2-3-4-5-6-9-14-19-15-17-11-8-7-10-16(17)12-13-18/h7-8,10-11,19H,2-6,9,12-15,18H2,1H3. The number of nitrogens with two attached hydrogens (primary N) is 1. The normalized spacial score (nSPS) is 10.8. The van der Waals surface area contributed by atoms with E-state index in [2.05, 4.69) is 36.5 Å². The molecule has 0 heterocycles. The van der Waals surface area contributed by atoms with Crippen LogP contribution in [-0.2, 0) is 13.0 Å². The Hall–Kier alpha value is -0.860. The second kappa shape index (κ2) is 11.0. The van der Waals surface area contributed by atoms with Gasteiger partial charge in [-0.3, -0.25) is 0 Å². The third-order valence-corrected chi connectivity index (χ3v) is 3.55. The van der Waals surface area contributed by atoms with E-state index in [1.165, 1.54) is 49.7 Å². The van der Waals surface area contributed by atoms with Gasteiger partial charge in [-0.2, -0.15) is 0 Å². The molecule has 0 aliphatic carbocycles. The van der Waals surface area contributed by atoms with Gasteiger partial charge in [0.05, 0.1) is 0 Å². The molecule has 19 heavy (non-hydrogen) atoms. The molecule has 3 N–H and O–H groups in total. The molecule has 0 spiro atoms. The Morgan fingerprint density at radius 3 is 2.37 bits per heavy atom. The van der Waals surface area contributed by atoms with Crippen LogP contribution in [0.4, 0.5) is 0 Å². The predicted octanol–water partition coefficient (Wildman–Crippen LogP) is 3.64. The van der Waals surface area contributed by atoms with Crippen LogP contribution in [0, 0.1) is 0 Å². The molecule has 0 aromatic heterocycles. The molecule has 108 valence electrons. The minimum Gasteiger partial charge on any atom is -0.330 e. The van der Waals surface area contributed by atoms with E-state index in [9.17, 15) is 0 Å². The Bertz CT molecular complexity index is 323. The van der Waals surface area contributed by atoms with E-state index in [1.807, 2.05) is 0 Å². The molecule has 0 aliphatic rings. The van der Waals surface area contributed by atoms with Gasteiger partial charge < -0.3 is 11.1 Å². The maximum atomic E-state index is 5.64. The monoisotopic (exact) mass is 262 g/mol. The van der Waals surface area contributed by atoms with Crippen LogP contribution in [0.15, 0.2) is 24.3 Å². The first-order chi connectivity index (χ1) is 9.38. The van der Waals surface area contributed by atoms with Crippen LogP contribution in [0.1, 0.15) is 56.6 Å². The van der Waals surface area contributed by atoms with E-state index in [0.29, 0.717) is 0 Å². The predicted molar refractivity (Wildman–Crippen MR) is 84.3 cm³/mol. The smallest absolute Gasteiger partial charge is 0.0208 e. The van der Waals surface area contributed by atoms with Crippen molar-refractivity contribution in [1.82, 2.24) is 5.32 Å². The zero-order chi connectivity index (χ0) is 13.8. The first kappa shape index (κ1) is 16.2. The van der Waals surface area contributed by atoms with Gasteiger partial charge in [0, 0.05) is 6.54 Å². The molecule has 0 radical (unpaired) electrons. The third-order valence-electron chi connectivity index (χ3n) is 3.55. The summed E-state index contributed by atoms with van der Waals surface area (Å²) < 4.78 is 0. The lowest BCUT2D eigenvalue weighted by atomic mass is 10.0. The molecule has 0 saturated carbocycles. The Kier molecular flexibility index (Phi) is 9.38. The largest absolute Gasteiger partial charge is 0.330 e. The quantitative estimate of drug-likeness (QED) is 0.598. The van der Waals surface area contributed by atoms with Crippen molar-refractivity contribution in [3.63, 3.8) is 0 Å². The highest BCUT2D eigenvalue weighted by molar-refractivity contribution is 5.27. The van der Waals surface area contributed by atoms with Gasteiger partial charge in [0.15, 0.2) is 0 Å². The van der Waals surface area contributed by atoms with Crippen molar-refractivity contribution >= 4 is 0 Å². The molecule has 2 nitrogen and oxygen atoms in total. The average molecular weight is 262 g/mol. The van der Waals surface area contributed by atoms with Crippen LogP contribution < -0.4 is 11.1 Å². The van der Waals surface area contributed by atoms with Crippen LogP contribution in [0.5, 0.6) is 0 Å². The number of rotatable bonds is 11. The van der Waals surface area contributed by atoms with Gasteiger partial charge in [-0.25, -0.2) is 0 Å². The molecule has 0 atom stereocenters. The fraction of sp³-hybridized carbons (Fsp3) is 0.647. The Morgan fingerprint density at radius 2 is 1.63 bits per heavy atom. The number of benzene rings is 1. The van der Waals surface area contributed by atoms with E-state index in [-0.39, 0.29) is 0 Å². The fourth-order valence-corrected chi connectivity index (χ4v) is 2.38. The highest BCUT2D eigenvalue weighted by atomic mass is 14.8. The topological polar surface area (TPSA) is 38.0 Å². The maximum Gasteiger partial charge on any atom is 0.0208 e. The summed E-state index contributed by atoms with van der Waals surface area (Å²) in [4.78, 5) is 0. The number of nitrogens with one attached hydrogen (secondary N) is 1. The summed E-state index contributed by atoms with van der Waals surface area (Å²) in [6.07, 6.45) is 9.14. The molecule has 1 rings (SSSR count). The van der Waals surface area contributed by atoms with Gasteiger partial charge in [0.2, 0.25) is 0 Å². The molecule has 0 bridgehead atoms. The fourth-order valence-electron chi connectivity index (χ4n) is 2.38. The van der Waals surface area contributed by atoms with Crippen molar-refractivity contribution < 1.29 is 0 Å². The molecule has 0 fully saturated rings. The van der Waals surface area contributed by atoms with Gasteiger partial charge in [-0.1, -0.05) is 63.3 Å². The van der Waals surface area contributed by atoms with Gasteiger partial charge in [0.1, 0.15) is 0 Å². The molecular weight excluding hydrogens is 232 g/mol. The zero-order valence-electron chi connectivity index (χ0n) is 12.5. The molecule has 1 aromatic rings. The summed E-state index contributed by atoms with van der Waals surface area (Å²) in [7, 11) is 0. The van der Waals surface area contributed by atoms with Crippen molar-refractivity contribution in [1.29, 1.82) is 0 Å². The highest BCUT2D eigenvalue weighted by Gasteiger charge is 2.00. The van der Waals surface area contributed by atoms with E-state index < -0.39 is 0 Å². The van der Waals surface area contributed by atoms with E-state index >= 15 is 0 Å². The third kappa shape index (κ3) is 7.34. The lowest BCUT2D eigenvalue weighted by Crippen LogP contribution is -2.16. The Morgan fingerprint density at radius 1 is 0.947 bits per heavy atom. The van der Waals surface area contributed by atoms with Gasteiger partial charge in [-0.05, 0) is 37.1 Å². The lowest BCUT2D eigenvalue weighted by Gasteiger charge is -2.10. The first-order valence-corrected chi connectivity index (χ1v) is 7.86. The van der Waals surface area contributed by atoms with Crippen LogP contribution in [-0.4, -0.2) is 13.1 Å². The lowest BCUT2D eigenvalue weighted by molar-refractivity contribution is 0.571. The Labute approximate surface area is 118 Å². The van der Waals surface area contributed by atoms with E-state index in [0.717, 1.165) is 26.1 Å². The zero-order valence-corrected chi connectivity index (χ0v) is 12.5. The second-order valence-corrected chi connectivity index (χ2v) is 5.25. The van der Waals surface area contributed by atoms with Crippen molar-refractivity contribution in [2.75, 3.05) is 13.1 Å². The summed E-state index contributed by atoms with van der Waals surface area (Å²) in [5.41, 5.74) is 8.43. The molecule has 0 amide bonds. The van der Waals surface area contributed by atoms with E-state index in [4.69, 9.17) is 5.73 Å². The molecule has 2 heteroatoms. The summed E-state index contributed by atoms with van der Waals surface area (Å²) in [6, 6.07) is 8.61. The van der Waals surface area contributed by atoms with Crippen molar-refractivity contribution in [3.8, 4) is 0 Å². The highest BCUT2D eigenvalue weighted by Crippen LogP contribution is 2.09. The van der Waals surface area contributed by atoms with Gasteiger partial charge in [0.25, 0.3) is 0 Å². The van der Waals surface area contributed by atoms with Crippen LogP contribution >= 0.6 is 0 Å². The minimum atomic E-state index is 0.731. The Balaban J connectivity index is 2.12. The summed E-state index contributed by atoms with van der Waals surface area (Å²) in [5, 5.41) is 3.55. The van der Waals surface area contributed by atoms with Crippen molar-refractivity contribution in [2.24, 2.45) is 5.73 Å². The van der Waals surface area contributed by atoms with Crippen molar-refractivity contribution in [3.05, 3.63) is 35.4 Å². The molecule has 0 aliphatic heterocycles. The molecular formula is C17H30N2. The van der Waals surface area contributed by atoms with Crippen LogP contribution in [0.2, 0.25) is 0 Å². The molecule has 1 aromatic carbocycles. The molecule has 0 saturated heterocycles. The SMILES string of the molecule is CCCCCCCCNCc1ccccc1CCN. The van der Waals surface area contributed by atoms with Gasteiger partial charge in [-0.15, -0.1) is 0 Å². The average Bonchev–Trinajstić information content (AvgIpc) is 2.44. The van der Waals surface area contributed by atoms with Crippen LogP contribution in [0.25, 0.3) is 0 Å². The first-order valence-electron chi connectivity index (χ1n) is 7.86. The van der Waals surface area contributed by atoms with Crippen molar-refractivity contribution in [2.45, 2.75) is 58.4 Å². The molecule has 0 unspecified atom stereocenters. The second-order valence-electron chi connectivity index (χ2n) is 5.25. The number of hydrogen-bond acceptors (Lipinski definition) is 2. The summed E-state index contributed by atoms with van der Waals surface area (Å²) >= 11 is 0. The summed E-state index contributed by atoms with van der Waals surface area (Å²) in [6.45, 7) is 5.10. The number of hydrogen-bond donors (Lipinski definition) is 2. The number of unbranched alkanes of at least 4 members (excludes halogenated alkanes) is 5. The van der Waals surface area contributed by atoms with Gasteiger partial charge >= 0.3 is 0 Å². The maximum absolute atomic E-state index is 5.64. The minimum absolute atomic E-state index is 0.731. The summed E-state index contributed by atoms with van der Waals surface area (Å²) in [5.74, 6) is 0. The van der Waals surface area contributed by atoms with Crippen LogP contribution in [0.3, 0.4) is 0 Å².